The summed E-state index contributed by atoms with van der Waals surface area (Å²) in [4.78, 5) is 29.8. The van der Waals surface area contributed by atoms with Gasteiger partial charge < -0.3 is 28.8 Å². The topological polar surface area (TPSA) is 92.5 Å². The van der Waals surface area contributed by atoms with Crippen LogP contribution in [0.3, 0.4) is 0 Å². The van der Waals surface area contributed by atoms with Crippen LogP contribution >= 0.6 is 23.2 Å². The predicted molar refractivity (Wildman–Crippen MR) is 130 cm³/mol. The van der Waals surface area contributed by atoms with Gasteiger partial charge in [-0.25, -0.2) is 0 Å². The second-order valence-corrected chi connectivity index (χ2v) is 8.54. The molecular formula is C24H28Cl2N2O6. The van der Waals surface area contributed by atoms with Gasteiger partial charge in [0.2, 0.25) is 0 Å². The van der Waals surface area contributed by atoms with Crippen molar-refractivity contribution in [3.63, 3.8) is 0 Å². The van der Waals surface area contributed by atoms with Crippen molar-refractivity contribution < 1.29 is 28.6 Å². The molecule has 1 unspecified atom stereocenters. The molecule has 1 aliphatic heterocycles. The standard InChI is InChI=1S/C24H28Cl2N2O6/c1-6-27(7-2)10-11-28-19(16-9-8-13(3)34-16)17(21(30)24(28)31)20(29)14-12-15(25)23(33-5)18(26)22(14)32-4/h8-9,12,19,29H,6-7,10-11H2,1-5H3/b20-17+. The van der Waals surface area contributed by atoms with Crippen molar-refractivity contribution in [1.29, 1.82) is 0 Å². The number of aliphatic hydroxyl groups is 1. The molecule has 1 aromatic heterocycles. The highest BCUT2D eigenvalue weighted by molar-refractivity contribution is 6.47. The summed E-state index contributed by atoms with van der Waals surface area (Å²) >= 11 is 12.7. The maximum Gasteiger partial charge on any atom is 0.295 e. The Labute approximate surface area is 208 Å². The molecule has 8 nitrogen and oxygen atoms in total. The number of aryl methyl sites for hydroxylation is 1. The highest BCUT2D eigenvalue weighted by Gasteiger charge is 2.48. The average Bonchev–Trinajstić information content (AvgIpc) is 3.35. The van der Waals surface area contributed by atoms with Gasteiger partial charge in [0.05, 0.1) is 30.4 Å². The number of ketones is 1. The van der Waals surface area contributed by atoms with Crippen molar-refractivity contribution in [2.45, 2.75) is 26.8 Å². The number of nitrogens with zero attached hydrogens (tertiary/aromatic N) is 2. The zero-order valence-electron chi connectivity index (χ0n) is 19.8. The van der Waals surface area contributed by atoms with Crippen LogP contribution in [0.1, 0.15) is 37.0 Å². The fraction of sp³-hybridized carbons (Fsp3) is 0.417. The van der Waals surface area contributed by atoms with Crippen LogP contribution in [0.15, 0.2) is 28.2 Å². The van der Waals surface area contributed by atoms with E-state index in [-0.39, 0.29) is 39.2 Å². The van der Waals surface area contributed by atoms with Gasteiger partial charge in [0.25, 0.3) is 11.7 Å². The van der Waals surface area contributed by atoms with Gasteiger partial charge in [0.1, 0.15) is 28.3 Å². The molecule has 10 heteroatoms. The molecule has 0 radical (unpaired) electrons. The zero-order valence-corrected chi connectivity index (χ0v) is 21.3. The second-order valence-electron chi connectivity index (χ2n) is 7.75. The molecular weight excluding hydrogens is 483 g/mol. The van der Waals surface area contributed by atoms with E-state index >= 15 is 0 Å². The average molecular weight is 511 g/mol. The summed E-state index contributed by atoms with van der Waals surface area (Å²) in [6.45, 7) is 8.23. The molecule has 1 fully saturated rings. The van der Waals surface area contributed by atoms with E-state index in [1.54, 1.807) is 19.1 Å². The number of ether oxygens (including phenoxy) is 2. The number of benzene rings is 1. The second kappa shape index (κ2) is 10.7. The number of hydrogen-bond acceptors (Lipinski definition) is 7. The Hall–Kier alpha value is -2.68. The van der Waals surface area contributed by atoms with Crippen LogP contribution in [-0.2, 0) is 9.59 Å². The summed E-state index contributed by atoms with van der Waals surface area (Å²) in [6.07, 6.45) is 0. The highest BCUT2D eigenvalue weighted by Crippen LogP contribution is 2.47. The van der Waals surface area contributed by atoms with Gasteiger partial charge in [-0.05, 0) is 38.2 Å². The first-order chi connectivity index (χ1) is 16.2. The van der Waals surface area contributed by atoms with E-state index in [4.69, 9.17) is 37.1 Å². The van der Waals surface area contributed by atoms with E-state index in [0.717, 1.165) is 13.1 Å². The molecule has 0 saturated carbocycles. The minimum Gasteiger partial charge on any atom is -0.507 e. The predicted octanol–water partition coefficient (Wildman–Crippen LogP) is 4.68. The van der Waals surface area contributed by atoms with Crippen LogP contribution in [0.4, 0.5) is 0 Å². The number of rotatable bonds is 9. The number of carbonyl (C=O) groups excluding carboxylic acids is 2. The summed E-state index contributed by atoms with van der Waals surface area (Å²) in [7, 11) is 2.76. The maximum absolute atomic E-state index is 13.2. The molecule has 34 heavy (non-hydrogen) atoms. The summed E-state index contributed by atoms with van der Waals surface area (Å²) in [5.74, 6) is -0.830. The molecule has 2 aromatic rings. The van der Waals surface area contributed by atoms with Gasteiger partial charge in [0, 0.05) is 13.1 Å². The van der Waals surface area contributed by atoms with Crippen molar-refractivity contribution in [3.8, 4) is 11.5 Å². The molecule has 0 spiro atoms. The summed E-state index contributed by atoms with van der Waals surface area (Å²) in [5.41, 5.74) is -0.0668. The third-order valence-corrected chi connectivity index (χ3v) is 6.54. The Morgan fingerprint density at radius 3 is 2.32 bits per heavy atom. The first-order valence-corrected chi connectivity index (χ1v) is 11.6. The van der Waals surface area contributed by atoms with Gasteiger partial charge in [0.15, 0.2) is 11.5 Å². The fourth-order valence-electron chi connectivity index (χ4n) is 4.09. The van der Waals surface area contributed by atoms with Crippen LogP contribution in [0.25, 0.3) is 5.76 Å². The van der Waals surface area contributed by atoms with Crippen molar-refractivity contribution in [1.82, 2.24) is 9.80 Å². The molecule has 0 aliphatic carbocycles. The van der Waals surface area contributed by atoms with E-state index < -0.39 is 23.5 Å². The Bertz CT molecular complexity index is 1120. The summed E-state index contributed by atoms with van der Waals surface area (Å²) in [6, 6.07) is 3.89. The monoisotopic (exact) mass is 510 g/mol. The maximum atomic E-state index is 13.2. The quantitative estimate of drug-likeness (QED) is 0.297. The number of methoxy groups -OCH3 is 2. The number of amides is 1. The SMILES string of the molecule is CCN(CC)CCN1C(=O)C(=O)/C(=C(/O)c2cc(Cl)c(OC)c(Cl)c2OC)C1c1ccc(C)o1. The highest BCUT2D eigenvalue weighted by atomic mass is 35.5. The third-order valence-electron chi connectivity index (χ3n) is 5.92. The molecule has 1 N–H and O–H groups in total. The normalized spacial score (nSPS) is 17.6. The van der Waals surface area contributed by atoms with Crippen molar-refractivity contribution in [3.05, 3.63) is 50.9 Å². The van der Waals surface area contributed by atoms with E-state index in [9.17, 15) is 14.7 Å². The van der Waals surface area contributed by atoms with E-state index in [2.05, 4.69) is 4.90 Å². The van der Waals surface area contributed by atoms with Crippen molar-refractivity contribution in [2.75, 3.05) is 40.4 Å². The van der Waals surface area contributed by atoms with Crippen LogP contribution in [-0.4, -0.2) is 67.0 Å². The largest absolute Gasteiger partial charge is 0.507 e. The Kier molecular flexibility index (Phi) is 8.17. The Balaban J connectivity index is 2.20. The van der Waals surface area contributed by atoms with E-state index in [1.807, 2.05) is 13.8 Å². The van der Waals surface area contributed by atoms with Gasteiger partial charge >= 0.3 is 0 Å². The lowest BCUT2D eigenvalue weighted by Gasteiger charge is -2.26. The van der Waals surface area contributed by atoms with Crippen LogP contribution < -0.4 is 9.47 Å². The molecule has 1 aromatic carbocycles. The number of Topliss-reactive ketones (excluding diaryl/α,β-unsaturated/α-hetero) is 1. The van der Waals surface area contributed by atoms with Gasteiger partial charge in [-0.15, -0.1) is 0 Å². The van der Waals surface area contributed by atoms with Gasteiger partial charge in [-0.1, -0.05) is 37.0 Å². The number of hydrogen-bond donors (Lipinski definition) is 1. The minimum absolute atomic E-state index is 0.0280. The number of furan rings is 1. The molecule has 1 saturated heterocycles. The Morgan fingerprint density at radius 1 is 1.15 bits per heavy atom. The number of aliphatic hydroxyl groups excluding tert-OH is 1. The van der Waals surface area contributed by atoms with E-state index in [1.165, 1.54) is 25.2 Å². The van der Waals surface area contributed by atoms with E-state index in [0.29, 0.717) is 18.1 Å². The lowest BCUT2D eigenvalue weighted by Crippen LogP contribution is -2.37. The number of carbonyl (C=O) groups is 2. The first kappa shape index (κ1) is 25.9. The fourth-order valence-corrected chi connectivity index (χ4v) is 4.77. The molecule has 0 bridgehead atoms. The van der Waals surface area contributed by atoms with Crippen LogP contribution in [0.2, 0.25) is 10.0 Å². The number of likely N-dealkylation sites (N-methyl/N-ethyl adjacent to an activating group) is 1. The van der Waals surface area contributed by atoms with Gasteiger partial charge in [-0.2, -0.15) is 0 Å². The summed E-state index contributed by atoms with van der Waals surface area (Å²) < 4.78 is 16.4. The number of likely N-dealkylation sites (tertiary alicyclic amines) is 1. The van der Waals surface area contributed by atoms with Crippen LogP contribution in [0.5, 0.6) is 11.5 Å². The smallest absolute Gasteiger partial charge is 0.295 e. The van der Waals surface area contributed by atoms with Gasteiger partial charge in [-0.3, -0.25) is 9.59 Å². The molecule has 184 valence electrons. The van der Waals surface area contributed by atoms with Crippen molar-refractivity contribution in [2.24, 2.45) is 0 Å². The van der Waals surface area contributed by atoms with Crippen molar-refractivity contribution >= 4 is 40.7 Å². The molecule has 1 atom stereocenters. The number of halogens is 2. The lowest BCUT2D eigenvalue weighted by molar-refractivity contribution is -0.140. The molecule has 3 rings (SSSR count). The minimum atomic E-state index is -0.923. The first-order valence-electron chi connectivity index (χ1n) is 10.9. The lowest BCUT2D eigenvalue weighted by atomic mass is 9.98. The van der Waals surface area contributed by atoms with Crippen LogP contribution in [0, 0.1) is 6.92 Å². The third kappa shape index (κ3) is 4.62. The molecule has 1 aliphatic rings. The summed E-state index contributed by atoms with van der Waals surface area (Å²) in [5, 5.41) is 11.5. The molecule has 2 heterocycles. The zero-order chi connectivity index (χ0) is 25.2. The molecule has 1 amide bonds. The Morgan fingerprint density at radius 2 is 1.79 bits per heavy atom.